The molecule has 3 saturated heterocycles. The molecule has 1 spiro atoms. The molecule has 1 aromatic rings. The quantitative estimate of drug-likeness (QED) is 0.653. The van der Waals surface area contributed by atoms with Gasteiger partial charge in [-0.2, -0.15) is 0 Å². The fraction of sp³-hybridized carbons (Fsp3) is 0.724. The number of benzene rings is 1. The first-order valence-electron chi connectivity index (χ1n) is 14.1. The lowest BCUT2D eigenvalue weighted by atomic mass is 9.63. The number of hydrogen-bond acceptors (Lipinski definition) is 3. The second-order valence-corrected chi connectivity index (χ2v) is 12.1. The highest BCUT2D eigenvalue weighted by atomic mass is 16.2. The van der Waals surface area contributed by atoms with Crippen molar-refractivity contribution < 1.29 is 9.59 Å². The van der Waals surface area contributed by atoms with Gasteiger partial charge in [0, 0.05) is 46.3 Å². The molecule has 2 bridgehead atoms. The van der Waals surface area contributed by atoms with E-state index in [1.807, 2.05) is 14.1 Å². The van der Waals surface area contributed by atoms with Crippen LogP contribution in [-0.2, 0) is 5.41 Å². The molecule has 1 N–H and O–H groups in total. The van der Waals surface area contributed by atoms with E-state index in [4.69, 9.17) is 0 Å². The van der Waals surface area contributed by atoms with Gasteiger partial charge in [-0.3, -0.25) is 0 Å². The number of nitrogens with zero attached hydrogens (tertiary/aromatic N) is 4. The monoisotopic (exact) mass is 495 g/mol. The number of urea groups is 2. The zero-order chi connectivity index (χ0) is 25.4. The van der Waals surface area contributed by atoms with E-state index in [9.17, 15) is 9.59 Å². The smallest absolute Gasteiger partial charge is 0.319 e. The van der Waals surface area contributed by atoms with Crippen molar-refractivity contribution in [1.29, 1.82) is 0 Å². The second-order valence-electron chi connectivity index (χ2n) is 12.1. The summed E-state index contributed by atoms with van der Waals surface area (Å²) >= 11 is 0. The average molecular weight is 496 g/mol. The van der Waals surface area contributed by atoms with Gasteiger partial charge in [0.15, 0.2) is 0 Å². The molecule has 5 rings (SSSR count). The number of amides is 4. The van der Waals surface area contributed by atoms with E-state index in [2.05, 4.69) is 39.4 Å². The van der Waals surface area contributed by atoms with Crippen molar-refractivity contribution in [2.24, 2.45) is 0 Å². The van der Waals surface area contributed by atoms with E-state index in [0.717, 1.165) is 38.8 Å². The van der Waals surface area contributed by atoms with Gasteiger partial charge in [-0.1, -0.05) is 24.3 Å². The summed E-state index contributed by atoms with van der Waals surface area (Å²) in [6, 6.07) is 10.6. The van der Waals surface area contributed by atoms with Crippen LogP contribution in [0.1, 0.15) is 81.4 Å². The van der Waals surface area contributed by atoms with E-state index in [-0.39, 0.29) is 23.5 Å². The van der Waals surface area contributed by atoms with Crippen LogP contribution in [0.25, 0.3) is 0 Å². The van der Waals surface area contributed by atoms with Crippen LogP contribution in [0.4, 0.5) is 9.59 Å². The third kappa shape index (κ3) is 4.71. The molecule has 0 saturated carbocycles. The Morgan fingerprint density at radius 1 is 0.806 bits per heavy atom. The van der Waals surface area contributed by atoms with Crippen LogP contribution >= 0.6 is 0 Å². The average Bonchev–Trinajstić information content (AvgIpc) is 3.31. The third-order valence-corrected chi connectivity index (χ3v) is 9.68. The van der Waals surface area contributed by atoms with Crippen molar-refractivity contribution in [2.75, 3.05) is 41.3 Å². The normalized spacial score (nSPS) is 29.7. The number of carbonyl (C=O) groups is 2. The summed E-state index contributed by atoms with van der Waals surface area (Å²) in [4.78, 5) is 33.6. The van der Waals surface area contributed by atoms with Gasteiger partial charge in [-0.05, 0) is 93.8 Å². The number of fused-ring (bicyclic) bond motifs is 4. The van der Waals surface area contributed by atoms with Crippen molar-refractivity contribution in [3.8, 4) is 0 Å². The minimum atomic E-state index is -0.00957. The number of likely N-dealkylation sites (tertiary alicyclic amines) is 1. The highest BCUT2D eigenvalue weighted by Gasteiger charge is 2.44. The number of hydrogen-bond donors (Lipinski definition) is 1. The van der Waals surface area contributed by atoms with Crippen LogP contribution in [0.15, 0.2) is 24.3 Å². The van der Waals surface area contributed by atoms with E-state index in [1.165, 1.54) is 49.7 Å². The zero-order valence-corrected chi connectivity index (χ0v) is 22.7. The molecule has 0 aromatic heterocycles. The SMILES string of the molecule is CN(C)C(=O)N[C@@H]1CCC2(CCN(C3CCC4CCC(CC3)N4C(=O)N(C)C)CC2)c2ccccc21. The molecule has 3 heterocycles. The Bertz CT molecular complexity index is 939. The maximum atomic E-state index is 12.8. The third-order valence-electron chi connectivity index (χ3n) is 9.68. The maximum absolute atomic E-state index is 12.8. The molecule has 4 amide bonds. The largest absolute Gasteiger partial charge is 0.331 e. The summed E-state index contributed by atoms with van der Waals surface area (Å²) in [6.45, 7) is 2.31. The summed E-state index contributed by atoms with van der Waals surface area (Å²) in [5.74, 6) is 0. The fourth-order valence-electron chi connectivity index (χ4n) is 7.61. The molecule has 3 atom stereocenters. The van der Waals surface area contributed by atoms with Crippen LogP contribution < -0.4 is 5.32 Å². The molecule has 4 aliphatic rings. The Balaban J connectivity index is 1.24. The number of rotatable bonds is 2. The Kier molecular flexibility index (Phi) is 7.21. The highest BCUT2D eigenvalue weighted by Crippen LogP contribution is 2.48. The molecule has 36 heavy (non-hydrogen) atoms. The predicted octanol–water partition coefficient (Wildman–Crippen LogP) is 4.58. The Morgan fingerprint density at radius 3 is 1.97 bits per heavy atom. The molecule has 3 fully saturated rings. The summed E-state index contributed by atoms with van der Waals surface area (Å²) in [6.07, 6.45) is 11.6. The lowest BCUT2D eigenvalue weighted by molar-refractivity contribution is 0.0709. The first-order valence-corrected chi connectivity index (χ1v) is 14.1. The van der Waals surface area contributed by atoms with Crippen LogP contribution in [-0.4, -0.2) is 91.1 Å². The molecule has 7 heteroatoms. The van der Waals surface area contributed by atoms with Gasteiger partial charge < -0.3 is 24.9 Å². The summed E-state index contributed by atoms with van der Waals surface area (Å²) < 4.78 is 0. The number of piperidine rings is 1. The van der Waals surface area contributed by atoms with Gasteiger partial charge in [0.05, 0.1) is 6.04 Å². The fourth-order valence-corrected chi connectivity index (χ4v) is 7.61. The first kappa shape index (κ1) is 25.4. The van der Waals surface area contributed by atoms with Gasteiger partial charge >= 0.3 is 12.1 Å². The van der Waals surface area contributed by atoms with E-state index >= 15 is 0 Å². The summed E-state index contributed by atoms with van der Waals surface area (Å²) in [7, 11) is 7.38. The molecule has 7 nitrogen and oxygen atoms in total. The van der Waals surface area contributed by atoms with Gasteiger partial charge in [0.2, 0.25) is 0 Å². The van der Waals surface area contributed by atoms with Gasteiger partial charge in [0.1, 0.15) is 0 Å². The van der Waals surface area contributed by atoms with Crippen molar-refractivity contribution in [3.05, 3.63) is 35.4 Å². The van der Waals surface area contributed by atoms with Crippen molar-refractivity contribution in [3.63, 3.8) is 0 Å². The minimum Gasteiger partial charge on any atom is -0.331 e. The Labute approximate surface area is 217 Å². The highest BCUT2D eigenvalue weighted by molar-refractivity contribution is 5.75. The van der Waals surface area contributed by atoms with Crippen LogP contribution in [0, 0.1) is 0 Å². The molecule has 0 radical (unpaired) electrons. The van der Waals surface area contributed by atoms with Gasteiger partial charge in [-0.15, -0.1) is 0 Å². The second kappa shape index (κ2) is 10.2. The van der Waals surface area contributed by atoms with Crippen molar-refractivity contribution >= 4 is 12.1 Å². The number of nitrogens with one attached hydrogen (secondary N) is 1. The summed E-state index contributed by atoms with van der Waals surface area (Å²) in [5.41, 5.74) is 3.02. The standard InChI is InChI=1S/C29H45N5O2/c1-31(2)27(35)30-26-15-16-29(25-8-6-5-7-24(25)26)17-19-33(20-18-29)21-9-11-22-13-14-23(12-10-21)34(22)28(36)32(3)4/h5-8,21-23,26H,9-20H2,1-4H3,(H,30,35)/t21?,22?,23?,26-/m1/s1. The van der Waals surface area contributed by atoms with Gasteiger partial charge in [0.25, 0.3) is 0 Å². The van der Waals surface area contributed by atoms with Crippen LogP contribution in [0.5, 0.6) is 0 Å². The number of carbonyl (C=O) groups excluding carboxylic acids is 2. The van der Waals surface area contributed by atoms with Crippen molar-refractivity contribution in [1.82, 2.24) is 24.9 Å². The Morgan fingerprint density at radius 2 is 1.39 bits per heavy atom. The lowest BCUT2D eigenvalue weighted by Crippen LogP contribution is -2.52. The first-order chi connectivity index (χ1) is 17.3. The van der Waals surface area contributed by atoms with Crippen LogP contribution in [0.2, 0.25) is 0 Å². The molecule has 2 unspecified atom stereocenters. The van der Waals surface area contributed by atoms with Crippen molar-refractivity contribution in [2.45, 2.75) is 93.8 Å². The molecule has 198 valence electrons. The molecule has 1 aromatic carbocycles. The topological polar surface area (TPSA) is 59.1 Å². The summed E-state index contributed by atoms with van der Waals surface area (Å²) in [5, 5.41) is 3.25. The van der Waals surface area contributed by atoms with Gasteiger partial charge in [-0.25, -0.2) is 9.59 Å². The van der Waals surface area contributed by atoms with Crippen LogP contribution in [0.3, 0.4) is 0 Å². The molecular formula is C29H45N5O2. The molecular weight excluding hydrogens is 450 g/mol. The van der Waals surface area contributed by atoms with E-state index in [0.29, 0.717) is 18.1 Å². The predicted molar refractivity (Wildman–Crippen MR) is 143 cm³/mol. The van der Waals surface area contributed by atoms with E-state index < -0.39 is 0 Å². The Hall–Kier alpha value is -2.28. The zero-order valence-electron chi connectivity index (χ0n) is 22.7. The van der Waals surface area contributed by atoms with E-state index in [1.54, 1.807) is 23.9 Å². The molecule has 1 aliphatic carbocycles. The lowest BCUT2D eigenvalue weighted by Gasteiger charge is -2.49. The minimum absolute atomic E-state index is 0.00957. The molecule has 3 aliphatic heterocycles. The maximum Gasteiger partial charge on any atom is 0.319 e.